The number of fused-ring (bicyclic) bond motifs is 1. The van der Waals surface area contributed by atoms with Gasteiger partial charge in [-0.15, -0.1) is 0 Å². The summed E-state index contributed by atoms with van der Waals surface area (Å²) >= 11 is 0. The minimum absolute atomic E-state index is 0.0885. The minimum atomic E-state index is -0.337. The molecular formula is C19H30N6O2. The predicted molar refractivity (Wildman–Crippen MR) is 108 cm³/mol. The molecule has 0 aliphatic carbocycles. The second-order valence-corrected chi connectivity index (χ2v) is 7.93. The molecule has 1 fully saturated rings. The molecule has 3 rings (SSSR count). The maximum Gasteiger partial charge on any atom is 0.332 e. The summed E-state index contributed by atoms with van der Waals surface area (Å²) in [4.78, 5) is 32.6. The van der Waals surface area contributed by atoms with Gasteiger partial charge in [-0.25, -0.2) is 4.79 Å². The fraction of sp³-hybridized carbons (Fsp3) is 0.632. The number of imidazole rings is 1. The number of piperidine rings is 1. The maximum atomic E-state index is 13.0. The average Bonchev–Trinajstić information content (AvgIpc) is 2.97. The molecule has 1 saturated heterocycles. The van der Waals surface area contributed by atoms with Crippen LogP contribution in [0.5, 0.6) is 0 Å². The van der Waals surface area contributed by atoms with Gasteiger partial charge in [-0.1, -0.05) is 11.6 Å². The molecule has 8 nitrogen and oxygen atoms in total. The lowest BCUT2D eigenvalue weighted by Crippen LogP contribution is -2.44. The quantitative estimate of drug-likeness (QED) is 0.816. The zero-order valence-corrected chi connectivity index (χ0v) is 16.9. The Morgan fingerprint density at radius 2 is 2.04 bits per heavy atom. The van der Waals surface area contributed by atoms with Crippen molar-refractivity contribution in [2.45, 2.75) is 59.2 Å². The second kappa shape index (κ2) is 7.34. The van der Waals surface area contributed by atoms with Gasteiger partial charge in [0.05, 0.1) is 0 Å². The summed E-state index contributed by atoms with van der Waals surface area (Å²) in [6.07, 6.45) is 4.05. The zero-order valence-electron chi connectivity index (χ0n) is 16.9. The Hall–Kier alpha value is -2.35. The number of nitrogens with two attached hydrogens (primary N) is 1. The van der Waals surface area contributed by atoms with Crippen molar-refractivity contribution in [3.63, 3.8) is 0 Å². The molecule has 0 bridgehead atoms. The Balaban J connectivity index is 2.34. The molecule has 2 N–H and O–H groups in total. The topological polar surface area (TPSA) is 91.1 Å². The van der Waals surface area contributed by atoms with E-state index in [0.29, 0.717) is 24.3 Å². The second-order valence-electron chi connectivity index (χ2n) is 7.93. The third-order valence-corrected chi connectivity index (χ3v) is 5.10. The highest BCUT2D eigenvalue weighted by Gasteiger charge is 2.26. The molecule has 1 unspecified atom stereocenters. The Morgan fingerprint density at radius 3 is 2.63 bits per heavy atom. The number of hydrogen-bond acceptors (Lipinski definition) is 5. The molecule has 0 radical (unpaired) electrons. The SMILES string of the molecule is CC(C)=CCn1c(N2CCCC(N)C2)nc2c1c(=O)n(C)c(=O)n2C(C)C. The average molecular weight is 374 g/mol. The molecule has 2 aromatic rings. The largest absolute Gasteiger partial charge is 0.341 e. The van der Waals surface area contributed by atoms with Crippen LogP contribution in [0.2, 0.25) is 0 Å². The highest BCUT2D eigenvalue weighted by molar-refractivity contribution is 5.75. The van der Waals surface area contributed by atoms with E-state index in [1.165, 1.54) is 11.6 Å². The van der Waals surface area contributed by atoms with Crippen LogP contribution in [0.1, 0.15) is 46.6 Å². The molecule has 0 spiro atoms. The first-order valence-electron chi connectivity index (χ1n) is 9.58. The van der Waals surface area contributed by atoms with Crippen LogP contribution >= 0.6 is 0 Å². The first kappa shape index (κ1) is 19.4. The van der Waals surface area contributed by atoms with Gasteiger partial charge in [-0.3, -0.25) is 13.9 Å². The van der Waals surface area contributed by atoms with Gasteiger partial charge in [0.15, 0.2) is 11.2 Å². The standard InChI is InChI=1S/C19H30N6O2/c1-12(2)8-10-24-15-16(21-18(24)23-9-6-7-14(20)11-23)25(13(3)4)19(27)22(5)17(15)26/h8,13-14H,6-7,9-11,20H2,1-5H3. The number of allylic oxidation sites excluding steroid dienone is 2. The van der Waals surface area contributed by atoms with Crippen LogP contribution in [-0.4, -0.2) is 37.8 Å². The summed E-state index contributed by atoms with van der Waals surface area (Å²) in [5.74, 6) is 0.717. The van der Waals surface area contributed by atoms with Crippen LogP contribution in [0.4, 0.5) is 5.95 Å². The van der Waals surface area contributed by atoms with E-state index in [1.807, 2.05) is 32.3 Å². The van der Waals surface area contributed by atoms with E-state index in [0.717, 1.165) is 30.9 Å². The summed E-state index contributed by atoms with van der Waals surface area (Å²) in [6.45, 7) is 9.98. The first-order valence-corrected chi connectivity index (χ1v) is 9.58. The van der Waals surface area contributed by atoms with E-state index >= 15 is 0 Å². The van der Waals surface area contributed by atoms with Crippen molar-refractivity contribution in [1.82, 2.24) is 18.7 Å². The highest BCUT2D eigenvalue weighted by atomic mass is 16.2. The van der Waals surface area contributed by atoms with Gasteiger partial charge in [0, 0.05) is 38.8 Å². The predicted octanol–water partition coefficient (Wildman–Crippen LogP) is 1.37. The van der Waals surface area contributed by atoms with Crippen molar-refractivity contribution in [2.75, 3.05) is 18.0 Å². The van der Waals surface area contributed by atoms with Gasteiger partial charge in [-0.2, -0.15) is 4.98 Å². The van der Waals surface area contributed by atoms with Crippen LogP contribution in [0.15, 0.2) is 21.2 Å². The van der Waals surface area contributed by atoms with E-state index in [9.17, 15) is 9.59 Å². The van der Waals surface area contributed by atoms with Gasteiger partial charge in [-0.05, 0) is 40.5 Å². The lowest BCUT2D eigenvalue weighted by molar-refractivity contribution is 0.495. The number of rotatable bonds is 4. The van der Waals surface area contributed by atoms with Gasteiger partial charge in [0.25, 0.3) is 5.56 Å². The normalized spacial score (nSPS) is 17.7. The summed E-state index contributed by atoms with van der Waals surface area (Å²) < 4.78 is 4.71. The fourth-order valence-corrected chi connectivity index (χ4v) is 3.65. The lowest BCUT2D eigenvalue weighted by atomic mass is 10.1. The van der Waals surface area contributed by atoms with Crippen LogP contribution in [-0.2, 0) is 13.6 Å². The molecule has 1 aliphatic rings. The van der Waals surface area contributed by atoms with Gasteiger partial charge >= 0.3 is 5.69 Å². The molecule has 0 amide bonds. The van der Waals surface area contributed by atoms with Crippen LogP contribution in [0.3, 0.4) is 0 Å². The van der Waals surface area contributed by atoms with Crippen LogP contribution in [0, 0.1) is 0 Å². The molecule has 1 aliphatic heterocycles. The molecule has 3 heterocycles. The molecular weight excluding hydrogens is 344 g/mol. The number of anilines is 1. The third kappa shape index (κ3) is 3.45. The van der Waals surface area contributed by atoms with Crippen molar-refractivity contribution in [3.8, 4) is 0 Å². The summed E-state index contributed by atoms with van der Waals surface area (Å²) in [5, 5.41) is 0. The van der Waals surface area contributed by atoms with Crippen molar-refractivity contribution in [2.24, 2.45) is 12.8 Å². The molecule has 1 atom stereocenters. The molecule has 8 heteroatoms. The van der Waals surface area contributed by atoms with Gasteiger partial charge in [0.1, 0.15) is 0 Å². The molecule has 0 saturated carbocycles. The number of hydrogen-bond donors (Lipinski definition) is 1. The summed E-state index contributed by atoms with van der Waals surface area (Å²) in [7, 11) is 1.53. The van der Waals surface area contributed by atoms with E-state index in [2.05, 4.69) is 11.0 Å². The van der Waals surface area contributed by atoms with Crippen LogP contribution in [0.25, 0.3) is 11.2 Å². The highest BCUT2D eigenvalue weighted by Crippen LogP contribution is 2.24. The Morgan fingerprint density at radius 1 is 1.33 bits per heavy atom. The van der Waals surface area contributed by atoms with E-state index in [-0.39, 0.29) is 23.3 Å². The fourth-order valence-electron chi connectivity index (χ4n) is 3.65. The number of aromatic nitrogens is 4. The molecule has 0 aromatic carbocycles. The van der Waals surface area contributed by atoms with E-state index in [4.69, 9.17) is 10.7 Å². The lowest BCUT2D eigenvalue weighted by Gasteiger charge is -2.31. The van der Waals surface area contributed by atoms with Gasteiger partial charge < -0.3 is 15.2 Å². The Kier molecular flexibility index (Phi) is 5.28. The summed E-state index contributed by atoms with van der Waals surface area (Å²) in [5.41, 5.74) is 7.61. The number of nitrogens with zero attached hydrogens (tertiary/aromatic N) is 5. The zero-order chi connectivity index (χ0) is 19.9. The first-order chi connectivity index (χ1) is 12.7. The maximum absolute atomic E-state index is 13.0. The van der Waals surface area contributed by atoms with E-state index in [1.54, 1.807) is 4.57 Å². The molecule has 27 heavy (non-hydrogen) atoms. The third-order valence-electron chi connectivity index (χ3n) is 5.10. The van der Waals surface area contributed by atoms with E-state index < -0.39 is 0 Å². The molecule has 2 aromatic heterocycles. The Labute approximate surface area is 158 Å². The van der Waals surface area contributed by atoms with Gasteiger partial charge in [0.2, 0.25) is 5.95 Å². The minimum Gasteiger partial charge on any atom is -0.341 e. The van der Waals surface area contributed by atoms with Crippen molar-refractivity contribution < 1.29 is 0 Å². The van der Waals surface area contributed by atoms with Crippen molar-refractivity contribution >= 4 is 17.1 Å². The summed E-state index contributed by atoms with van der Waals surface area (Å²) in [6, 6.07) is -0.0133. The smallest absolute Gasteiger partial charge is 0.332 e. The van der Waals surface area contributed by atoms with Crippen LogP contribution < -0.4 is 21.9 Å². The van der Waals surface area contributed by atoms with Crippen molar-refractivity contribution in [3.05, 3.63) is 32.5 Å². The van der Waals surface area contributed by atoms with Crippen molar-refractivity contribution in [1.29, 1.82) is 0 Å². The molecule has 148 valence electrons. The Bertz CT molecular complexity index is 990. The monoisotopic (exact) mass is 374 g/mol.